The van der Waals surface area contributed by atoms with Gasteiger partial charge in [-0.3, -0.25) is 0 Å². The van der Waals surface area contributed by atoms with Crippen LogP contribution in [0.25, 0.3) is 0 Å². The third-order valence-corrected chi connectivity index (χ3v) is 8.11. The maximum absolute atomic E-state index is 10.2. The summed E-state index contributed by atoms with van der Waals surface area (Å²) < 4.78 is 32.5. The van der Waals surface area contributed by atoms with Crippen molar-refractivity contribution in [3.8, 4) is 0 Å². The molecule has 0 bridgehead atoms. The van der Waals surface area contributed by atoms with Gasteiger partial charge in [0.25, 0.3) is 0 Å². The van der Waals surface area contributed by atoms with Crippen molar-refractivity contribution in [2.24, 2.45) is 0 Å². The van der Waals surface area contributed by atoms with Gasteiger partial charge in [-0.25, -0.2) is 0 Å². The van der Waals surface area contributed by atoms with E-state index in [4.69, 9.17) is 36.8 Å². The maximum Gasteiger partial charge on any atom is 0.676 e. The molecular formula is C26H64O10Si2Zr. The van der Waals surface area contributed by atoms with Crippen molar-refractivity contribution >= 4 is 18.1 Å². The van der Waals surface area contributed by atoms with Gasteiger partial charge in [0.05, 0.1) is 0 Å². The zero-order valence-corrected chi connectivity index (χ0v) is 30.9. The zero-order valence-electron chi connectivity index (χ0n) is 26.5. The fourth-order valence-electron chi connectivity index (χ4n) is 2.32. The van der Waals surface area contributed by atoms with E-state index in [1.54, 1.807) is 0 Å². The topological polar surface area (TPSA) is 136 Å². The fraction of sp³-hybridized carbons (Fsp3) is 1.00. The molecule has 0 aromatic heterocycles. The Bertz CT molecular complexity index is 328. The van der Waals surface area contributed by atoms with Crippen LogP contribution >= 0.6 is 0 Å². The van der Waals surface area contributed by atoms with E-state index in [2.05, 4.69) is 41.5 Å². The third kappa shape index (κ3) is 38.9. The quantitative estimate of drug-likeness (QED) is 0.0818. The summed E-state index contributed by atoms with van der Waals surface area (Å²) in [5.41, 5.74) is 0. The van der Waals surface area contributed by atoms with Crippen molar-refractivity contribution in [3.05, 3.63) is 0 Å². The van der Waals surface area contributed by atoms with Crippen LogP contribution in [0.1, 0.15) is 119 Å². The number of rotatable bonds is 24. The number of hydrogen-bond acceptors (Lipinski definition) is 10. The van der Waals surface area contributed by atoms with Crippen LogP contribution in [0.3, 0.4) is 0 Å². The number of unbranched alkanes of at least 4 members (excludes halogenated alkanes) is 6. The van der Waals surface area contributed by atoms with E-state index in [0.717, 1.165) is 91.3 Å². The molecule has 0 fully saturated rings. The molecular weight excluding hydrogens is 620 g/mol. The summed E-state index contributed by atoms with van der Waals surface area (Å²) in [4.78, 5) is 20.3. The molecule has 13 heteroatoms. The molecule has 0 saturated heterocycles. The van der Waals surface area contributed by atoms with Crippen LogP contribution < -0.4 is 0 Å². The summed E-state index contributed by atoms with van der Waals surface area (Å²) in [7, 11) is -4.72. The van der Waals surface area contributed by atoms with Gasteiger partial charge in [0.15, 0.2) is 0 Å². The van der Waals surface area contributed by atoms with Crippen LogP contribution in [0, 0.1) is 0 Å². The second-order valence-corrected chi connectivity index (χ2v) is 12.1. The summed E-state index contributed by atoms with van der Waals surface area (Å²) in [6.45, 7) is 15.6. The minimum atomic E-state index is -3.36. The van der Waals surface area contributed by atoms with Gasteiger partial charge < -0.3 is 46.4 Å². The molecule has 0 amide bonds. The summed E-state index contributed by atoms with van der Waals surface area (Å²) >= 11 is 0. The first-order valence-electron chi connectivity index (χ1n) is 14.5. The van der Waals surface area contributed by atoms with Crippen molar-refractivity contribution in [1.29, 1.82) is 0 Å². The molecule has 0 saturated carbocycles. The van der Waals surface area contributed by atoms with Gasteiger partial charge in [0.1, 0.15) is 0 Å². The number of aliphatic hydroxyl groups is 2. The standard InChI is InChI=1S/2C12H28O4Si.2CH4O.Zr/c2*1-4-7-10-14-17(13,15-11-8-5-2)16-12-9-6-3;2*1-2;/h2*13H,4-12H2,1-3H3;2*2H,1H3;. The molecule has 0 heterocycles. The first-order chi connectivity index (χ1) is 18.4. The van der Waals surface area contributed by atoms with Crippen LogP contribution in [0.5, 0.6) is 0 Å². The van der Waals surface area contributed by atoms with Gasteiger partial charge in [-0.05, 0) is 38.5 Å². The molecule has 4 N–H and O–H groups in total. The second-order valence-electron chi connectivity index (χ2n) is 8.26. The molecule has 0 aliphatic heterocycles. The first-order valence-corrected chi connectivity index (χ1v) is 17.9. The van der Waals surface area contributed by atoms with Crippen molar-refractivity contribution in [2.75, 3.05) is 53.9 Å². The molecule has 0 aromatic carbocycles. The maximum atomic E-state index is 10.2. The Balaban J connectivity index is -0.000000171. The van der Waals surface area contributed by atoms with Gasteiger partial charge in [-0.15, -0.1) is 0 Å². The van der Waals surface area contributed by atoms with Gasteiger partial charge in [0.2, 0.25) is 0 Å². The monoisotopic (exact) mass is 682 g/mol. The van der Waals surface area contributed by atoms with Crippen LogP contribution in [0.2, 0.25) is 0 Å². The summed E-state index contributed by atoms with van der Waals surface area (Å²) in [6, 6.07) is 0. The van der Waals surface area contributed by atoms with Gasteiger partial charge >= 0.3 is 18.1 Å². The minimum absolute atomic E-state index is 0. The molecule has 0 atom stereocenters. The molecule has 0 aromatic rings. The largest absolute Gasteiger partial charge is 0.676 e. The molecule has 0 aliphatic carbocycles. The van der Waals surface area contributed by atoms with E-state index in [1.807, 2.05) is 0 Å². The SMILES string of the molecule is CCCCO[Si](O)(OCCCC)OCCCC.CCCCO[Si](O)(OCCCC)OCCCC.CO.CO.[Zr]. The summed E-state index contributed by atoms with van der Waals surface area (Å²) in [6.07, 6.45) is 11.7. The Morgan fingerprint density at radius 1 is 0.359 bits per heavy atom. The van der Waals surface area contributed by atoms with Gasteiger partial charge in [0, 0.05) is 80.1 Å². The van der Waals surface area contributed by atoms with E-state index < -0.39 is 18.1 Å². The Morgan fingerprint density at radius 2 is 0.487 bits per heavy atom. The van der Waals surface area contributed by atoms with Gasteiger partial charge in [-0.1, -0.05) is 80.1 Å². The van der Waals surface area contributed by atoms with Crippen molar-refractivity contribution in [1.82, 2.24) is 0 Å². The molecule has 240 valence electrons. The molecule has 0 spiro atoms. The molecule has 39 heavy (non-hydrogen) atoms. The van der Waals surface area contributed by atoms with Crippen LogP contribution in [-0.4, -0.2) is 91.8 Å². The van der Waals surface area contributed by atoms with E-state index in [-0.39, 0.29) is 26.2 Å². The van der Waals surface area contributed by atoms with Gasteiger partial charge in [-0.2, -0.15) is 0 Å². The fourth-order valence-corrected chi connectivity index (χ4v) is 5.24. The molecule has 0 radical (unpaired) electrons. The predicted molar refractivity (Wildman–Crippen MR) is 157 cm³/mol. The molecule has 0 unspecified atom stereocenters. The minimum Gasteiger partial charge on any atom is -0.400 e. The van der Waals surface area contributed by atoms with Crippen molar-refractivity contribution < 1.29 is 72.6 Å². The zero-order chi connectivity index (χ0) is 30.0. The van der Waals surface area contributed by atoms with Crippen LogP contribution in [0.4, 0.5) is 0 Å². The van der Waals surface area contributed by atoms with Crippen molar-refractivity contribution in [2.45, 2.75) is 119 Å². The average molecular weight is 684 g/mol. The first kappa shape index (κ1) is 49.6. The van der Waals surface area contributed by atoms with Crippen molar-refractivity contribution in [3.63, 3.8) is 0 Å². The normalized spacial score (nSPS) is 10.8. The predicted octanol–water partition coefficient (Wildman–Crippen LogP) is 4.94. The molecule has 0 aliphatic rings. The van der Waals surface area contributed by atoms with E-state index in [1.165, 1.54) is 0 Å². The molecule has 10 nitrogen and oxygen atoms in total. The summed E-state index contributed by atoms with van der Waals surface area (Å²) in [5.74, 6) is 0. The van der Waals surface area contributed by atoms with Crippen LogP contribution in [-0.2, 0) is 52.8 Å². The Kier molecular flexibility index (Phi) is 52.2. The Morgan fingerprint density at radius 3 is 0.590 bits per heavy atom. The smallest absolute Gasteiger partial charge is 0.400 e. The number of hydrogen-bond donors (Lipinski definition) is 4. The molecule has 0 rings (SSSR count). The Hall–Kier alpha value is 0.917. The van der Waals surface area contributed by atoms with Crippen LogP contribution in [0.15, 0.2) is 0 Å². The van der Waals surface area contributed by atoms with E-state index in [9.17, 15) is 9.59 Å². The Labute approximate surface area is 262 Å². The average Bonchev–Trinajstić information content (AvgIpc) is 2.92. The second kappa shape index (κ2) is 41.1. The third-order valence-electron chi connectivity index (χ3n) is 4.69. The number of aliphatic hydroxyl groups excluding tert-OH is 2. The van der Waals surface area contributed by atoms with E-state index >= 15 is 0 Å². The summed E-state index contributed by atoms with van der Waals surface area (Å²) in [5, 5.41) is 14.0. The van der Waals surface area contributed by atoms with E-state index in [0.29, 0.717) is 39.6 Å².